The topological polar surface area (TPSA) is 37.3 Å². The molecule has 2 fully saturated rings. The maximum absolute atomic E-state index is 5.81. The molecule has 0 aromatic heterocycles. The van der Waals surface area contributed by atoms with Crippen LogP contribution in [-0.2, 0) is 9.47 Å². The van der Waals surface area contributed by atoms with Crippen LogP contribution in [0.15, 0.2) is 75.6 Å². The first kappa shape index (κ1) is 23.3. The van der Waals surface area contributed by atoms with Crippen molar-refractivity contribution in [2.75, 3.05) is 52.6 Å². The first-order valence-electron chi connectivity index (χ1n) is 12.1. The third kappa shape index (κ3) is 5.01. The molecule has 0 radical (unpaired) electrons. The lowest BCUT2D eigenvalue weighted by Gasteiger charge is -2.48. The monoisotopic (exact) mass is 529 g/mol. The zero-order chi connectivity index (χ0) is 22.5. The summed E-state index contributed by atoms with van der Waals surface area (Å²) in [6.07, 6.45) is 6.05. The Morgan fingerprint density at radius 2 is 1.52 bits per heavy atom. The number of hydrogen-bond donors (Lipinski definition) is 0. The van der Waals surface area contributed by atoms with Crippen LogP contribution in [0.25, 0.3) is 0 Å². The Kier molecular flexibility index (Phi) is 7.69. The van der Waals surface area contributed by atoms with Crippen LogP contribution in [0, 0.1) is 0 Å². The second-order valence-electron chi connectivity index (χ2n) is 8.80. The smallest absolute Gasteiger partial charge is 0.0756 e. The molecule has 2 atom stereocenters. The van der Waals surface area contributed by atoms with E-state index in [2.05, 4.69) is 86.2 Å². The minimum atomic E-state index is -2.15. The Bertz CT molecular complexity index is 1000. The number of benzene rings is 2. The van der Waals surface area contributed by atoms with Crippen LogP contribution in [0.3, 0.4) is 0 Å². The van der Waals surface area contributed by atoms with Gasteiger partial charge in [-0.1, -0.05) is 52.3 Å². The third-order valence-electron chi connectivity index (χ3n) is 6.84. The van der Waals surface area contributed by atoms with Gasteiger partial charge in [0.15, 0.2) is 0 Å². The summed E-state index contributed by atoms with van der Waals surface area (Å²) in [5.41, 5.74) is 2.94. The Labute approximate surface area is 206 Å². The predicted octanol–water partition coefficient (Wildman–Crippen LogP) is 5.62. The van der Waals surface area contributed by atoms with Gasteiger partial charge in [-0.05, 0) is 43.5 Å². The van der Waals surface area contributed by atoms with Crippen LogP contribution in [0.4, 0.5) is 5.69 Å². The van der Waals surface area contributed by atoms with E-state index in [1.165, 1.54) is 23.8 Å². The van der Waals surface area contributed by atoms with Crippen molar-refractivity contribution in [3.8, 4) is 0 Å². The van der Waals surface area contributed by atoms with Gasteiger partial charge in [-0.2, -0.15) is 0 Å². The molecule has 176 valence electrons. The molecule has 0 N–H and O–H groups in total. The minimum Gasteiger partial charge on any atom is -0.379 e. The minimum absolute atomic E-state index is 0.383. The van der Waals surface area contributed by atoms with Crippen molar-refractivity contribution in [3.63, 3.8) is 0 Å². The fourth-order valence-corrected chi connectivity index (χ4v) is 10.1. The van der Waals surface area contributed by atoms with Crippen LogP contribution in [0.1, 0.15) is 19.3 Å². The van der Waals surface area contributed by atoms with E-state index < -0.39 is 7.21 Å². The summed E-state index contributed by atoms with van der Waals surface area (Å²) in [7, 11) is -2.15. The normalized spacial score (nSPS) is 24.1. The molecule has 2 saturated heterocycles. The molecule has 3 aliphatic rings. The van der Waals surface area contributed by atoms with Crippen molar-refractivity contribution in [2.45, 2.75) is 24.9 Å². The van der Waals surface area contributed by atoms with Crippen LogP contribution < -0.4 is 5.30 Å². The van der Waals surface area contributed by atoms with Crippen molar-refractivity contribution in [2.24, 2.45) is 4.74 Å². The van der Waals surface area contributed by atoms with Gasteiger partial charge in [-0.3, -0.25) is 4.67 Å². The van der Waals surface area contributed by atoms with E-state index in [9.17, 15) is 0 Å². The summed E-state index contributed by atoms with van der Waals surface area (Å²) in [6.45, 7) is 6.95. The standard InChI is InChI=1S/C26H33BrN3O2P/c27-22-10-12-23(13-11-22)28-33(24-6-2-1-3-7-24,30-16-20-32-21-17-30)26-9-5-4-8-25(26)29-14-18-31-19-15-29/h1-3,6-8,10-13,26H,4-5,9,14-21H2/t26-,33-/m1/s1. The summed E-state index contributed by atoms with van der Waals surface area (Å²) >= 11 is 3.60. The molecule has 1 aliphatic carbocycles. The molecule has 5 rings (SSSR count). The van der Waals surface area contributed by atoms with Gasteiger partial charge in [0.25, 0.3) is 0 Å². The molecule has 0 unspecified atom stereocenters. The highest BCUT2D eigenvalue weighted by atomic mass is 79.9. The molecule has 2 aliphatic heterocycles. The fraction of sp³-hybridized carbons (Fsp3) is 0.462. The zero-order valence-electron chi connectivity index (χ0n) is 19.1. The average molecular weight is 530 g/mol. The Hall–Kier alpha value is -1.43. The summed E-state index contributed by atoms with van der Waals surface area (Å²) in [5.74, 6) is 0. The molecule has 7 heteroatoms. The molecule has 0 saturated carbocycles. The fourth-order valence-electron chi connectivity index (χ4n) is 5.29. The number of halogens is 1. The quantitative estimate of drug-likeness (QED) is 0.471. The van der Waals surface area contributed by atoms with E-state index in [-0.39, 0.29) is 0 Å². The number of ether oxygens (including phenoxy) is 2. The predicted molar refractivity (Wildman–Crippen MR) is 140 cm³/mol. The van der Waals surface area contributed by atoms with E-state index in [0.29, 0.717) is 5.66 Å². The Balaban J connectivity index is 1.72. The lowest BCUT2D eigenvalue weighted by atomic mass is 10.0. The van der Waals surface area contributed by atoms with E-state index >= 15 is 0 Å². The summed E-state index contributed by atoms with van der Waals surface area (Å²) < 4.78 is 21.1. The maximum atomic E-state index is 5.81. The van der Waals surface area contributed by atoms with Crippen molar-refractivity contribution in [1.29, 1.82) is 0 Å². The highest BCUT2D eigenvalue weighted by Gasteiger charge is 2.42. The SMILES string of the molecule is Brc1ccc(N=[P@@](c2ccccc2)([C@@H]2CCCC=C2N2CCOCC2)N2CCOCC2)cc1. The molecule has 0 bridgehead atoms. The molecule has 0 spiro atoms. The lowest BCUT2D eigenvalue weighted by molar-refractivity contribution is 0.0510. The van der Waals surface area contributed by atoms with Gasteiger partial charge >= 0.3 is 0 Å². The van der Waals surface area contributed by atoms with Crippen LogP contribution in [-0.4, -0.2) is 67.8 Å². The second kappa shape index (κ2) is 10.9. The van der Waals surface area contributed by atoms with Gasteiger partial charge in [0.05, 0.1) is 45.0 Å². The van der Waals surface area contributed by atoms with Gasteiger partial charge in [-0.25, -0.2) is 4.74 Å². The van der Waals surface area contributed by atoms with Gasteiger partial charge in [0.1, 0.15) is 0 Å². The first-order chi connectivity index (χ1) is 16.3. The molecular formula is C26H33BrN3O2P. The first-order valence-corrected chi connectivity index (χ1v) is 14.6. The zero-order valence-corrected chi connectivity index (χ0v) is 21.6. The lowest BCUT2D eigenvalue weighted by Crippen LogP contribution is -2.45. The highest BCUT2D eigenvalue weighted by molar-refractivity contribution is 9.10. The van der Waals surface area contributed by atoms with E-state index in [1.54, 1.807) is 0 Å². The summed E-state index contributed by atoms with van der Waals surface area (Å²) in [6, 6.07) is 19.7. The molecule has 2 heterocycles. The molecule has 2 aromatic carbocycles. The van der Waals surface area contributed by atoms with E-state index in [0.717, 1.165) is 69.2 Å². The number of rotatable bonds is 5. The van der Waals surface area contributed by atoms with Crippen LogP contribution in [0.5, 0.6) is 0 Å². The number of allylic oxidation sites excluding steroid dienone is 2. The van der Waals surface area contributed by atoms with Crippen molar-refractivity contribution < 1.29 is 9.47 Å². The van der Waals surface area contributed by atoms with Crippen LogP contribution >= 0.6 is 23.1 Å². The van der Waals surface area contributed by atoms with Crippen molar-refractivity contribution >= 4 is 34.1 Å². The third-order valence-corrected chi connectivity index (χ3v) is 11.6. The molecule has 33 heavy (non-hydrogen) atoms. The molecule has 0 amide bonds. The summed E-state index contributed by atoms with van der Waals surface area (Å²) in [4.78, 5) is 2.59. The van der Waals surface area contributed by atoms with Gasteiger partial charge in [0, 0.05) is 41.7 Å². The molecular weight excluding hydrogens is 497 g/mol. The van der Waals surface area contributed by atoms with Gasteiger partial charge in [-0.15, -0.1) is 0 Å². The van der Waals surface area contributed by atoms with Crippen molar-refractivity contribution in [3.05, 3.63) is 70.8 Å². The second-order valence-corrected chi connectivity index (χ2v) is 12.9. The van der Waals surface area contributed by atoms with Gasteiger partial charge in [0.2, 0.25) is 0 Å². The number of hydrogen-bond acceptors (Lipinski definition) is 4. The van der Waals surface area contributed by atoms with E-state index in [4.69, 9.17) is 14.2 Å². The Morgan fingerprint density at radius 3 is 2.21 bits per heavy atom. The van der Waals surface area contributed by atoms with Crippen molar-refractivity contribution in [1.82, 2.24) is 9.57 Å². The number of morpholine rings is 2. The summed E-state index contributed by atoms with van der Waals surface area (Å²) in [5, 5.41) is 1.38. The molecule has 5 nitrogen and oxygen atoms in total. The van der Waals surface area contributed by atoms with Crippen LogP contribution in [0.2, 0.25) is 0 Å². The van der Waals surface area contributed by atoms with Gasteiger partial charge < -0.3 is 14.4 Å². The number of nitrogens with zero attached hydrogens (tertiary/aromatic N) is 3. The molecule has 2 aromatic rings. The maximum Gasteiger partial charge on any atom is 0.0756 e. The largest absolute Gasteiger partial charge is 0.379 e. The average Bonchev–Trinajstić information content (AvgIpc) is 2.90. The van der Waals surface area contributed by atoms with E-state index in [1.807, 2.05) is 0 Å². The Morgan fingerprint density at radius 1 is 0.848 bits per heavy atom. The highest BCUT2D eigenvalue weighted by Crippen LogP contribution is 2.63.